The van der Waals surface area contributed by atoms with Crippen LogP contribution in [0.5, 0.6) is 0 Å². The summed E-state index contributed by atoms with van der Waals surface area (Å²) >= 11 is 11.4. The van der Waals surface area contributed by atoms with Crippen LogP contribution in [0.3, 0.4) is 0 Å². The van der Waals surface area contributed by atoms with Crippen LogP contribution in [0.15, 0.2) is 24.3 Å². The van der Waals surface area contributed by atoms with Crippen LogP contribution in [0.4, 0.5) is 0 Å². The number of rotatable bonds is 7. The molecule has 17 heavy (non-hydrogen) atoms. The van der Waals surface area contributed by atoms with Crippen LogP contribution >= 0.6 is 23.2 Å². The summed E-state index contributed by atoms with van der Waals surface area (Å²) in [6.45, 7) is 5.06. The van der Waals surface area contributed by atoms with E-state index in [9.17, 15) is 4.79 Å². The minimum Gasteiger partial charge on any atom is -0.289 e. The van der Waals surface area contributed by atoms with E-state index < -0.39 is 6.04 Å². The first-order valence-corrected chi connectivity index (χ1v) is 6.45. The molecule has 0 aliphatic heterocycles. The Morgan fingerprint density at radius 1 is 1.29 bits per heavy atom. The van der Waals surface area contributed by atoms with Crippen LogP contribution in [-0.4, -0.2) is 36.0 Å². The number of alkyl halides is 2. The van der Waals surface area contributed by atoms with E-state index in [2.05, 4.69) is 6.92 Å². The third-order valence-electron chi connectivity index (χ3n) is 2.49. The lowest BCUT2D eigenvalue weighted by molar-refractivity contribution is 0.268. The third kappa shape index (κ3) is 4.30. The molecule has 1 atom stereocenters. The Hall–Kier alpha value is -0.570. The first-order valence-electron chi connectivity index (χ1n) is 5.38. The molecule has 1 unspecified atom stereocenters. The molecule has 0 N–H and O–H groups in total. The molecule has 1 aromatic carbocycles. The summed E-state index contributed by atoms with van der Waals surface area (Å²) < 4.78 is 0. The van der Waals surface area contributed by atoms with Gasteiger partial charge in [0.25, 0.3) is 0 Å². The molecule has 0 saturated heterocycles. The highest BCUT2D eigenvalue weighted by molar-refractivity contribution is 6.18. The van der Waals surface area contributed by atoms with Crippen molar-refractivity contribution in [2.75, 3.05) is 24.8 Å². The topological polar surface area (TPSA) is 20.3 Å². The predicted octanol–water partition coefficient (Wildman–Crippen LogP) is 2.80. The Morgan fingerprint density at radius 3 is 2.41 bits per heavy atom. The molecular weight excluding hydrogens is 257 g/mol. The van der Waals surface area contributed by atoms with Gasteiger partial charge in [-0.25, -0.2) is 0 Å². The van der Waals surface area contributed by atoms with Crippen molar-refractivity contribution in [3.63, 3.8) is 0 Å². The van der Waals surface area contributed by atoms with Gasteiger partial charge >= 0.3 is 0 Å². The molecule has 0 aliphatic carbocycles. The quantitative estimate of drug-likeness (QED) is 0.711. The molecule has 92 valence electrons. The van der Waals surface area contributed by atoms with Gasteiger partial charge < -0.3 is 0 Å². The van der Waals surface area contributed by atoms with Crippen molar-refractivity contribution in [1.82, 2.24) is 4.90 Å². The van der Waals surface area contributed by atoms with Crippen molar-refractivity contribution >= 4 is 29.5 Å². The van der Waals surface area contributed by atoms with Gasteiger partial charge in [0.15, 0.2) is 0 Å². The van der Waals surface area contributed by atoms with Crippen molar-refractivity contribution in [2.24, 2.45) is 0 Å². The smallest absolute Gasteiger partial charge is 0.222 e. The molecule has 0 heterocycles. The van der Waals surface area contributed by atoms with Crippen molar-refractivity contribution in [1.29, 1.82) is 0 Å². The van der Waals surface area contributed by atoms with Crippen molar-refractivity contribution in [3.8, 4) is 0 Å². The molecule has 0 fully saturated rings. The second kappa shape index (κ2) is 7.70. The zero-order chi connectivity index (χ0) is 12.7. The lowest BCUT2D eigenvalue weighted by Gasteiger charge is -2.26. The summed E-state index contributed by atoms with van der Waals surface area (Å²) in [5.41, 5.74) is 1.75. The predicted molar refractivity (Wildman–Crippen MR) is 72.3 cm³/mol. The maximum Gasteiger partial charge on any atom is 0.222 e. The van der Waals surface area contributed by atoms with Crippen LogP contribution in [0.1, 0.15) is 17.2 Å². The van der Waals surface area contributed by atoms with E-state index in [1.165, 1.54) is 0 Å². The van der Waals surface area contributed by atoms with Gasteiger partial charge in [0.1, 0.15) is 6.04 Å². The van der Waals surface area contributed by atoms with Gasteiger partial charge in [-0.3, -0.25) is 9.69 Å². The summed E-state index contributed by atoms with van der Waals surface area (Å²) in [6, 6.07) is 7.11. The van der Waals surface area contributed by atoms with E-state index >= 15 is 0 Å². The molecular formula is C13H15Cl2NO. The van der Waals surface area contributed by atoms with E-state index in [1.807, 2.05) is 35.5 Å². The van der Waals surface area contributed by atoms with Crippen LogP contribution in [-0.2, 0) is 4.79 Å². The minimum absolute atomic E-state index is 0.422. The number of carbonyl (C=O) groups excluding carboxylic acids is 1. The van der Waals surface area contributed by atoms with Crippen LogP contribution < -0.4 is 0 Å². The van der Waals surface area contributed by atoms with Crippen molar-refractivity contribution in [2.45, 2.75) is 6.04 Å². The molecule has 4 heteroatoms. The van der Waals surface area contributed by atoms with Gasteiger partial charge in [0.2, 0.25) is 6.29 Å². The fourth-order valence-electron chi connectivity index (χ4n) is 1.70. The highest BCUT2D eigenvalue weighted by Gasteiger charge is 2.19. The highest BCUT2D eigenvalue weighted by atomic mass is 35.5. The molecule has 1 rings (SSSR count). The normalized spacial score (nSPS) is 12.7. The summed E-state index contributed by atoms with van der Waals surface area (Å²) in [4.78, 5) is 13.1. The van der Waals surface area contributed by atoms with E-state index in [4.69, 9.17) is 23.2 Å². The fraction of sp³-hybridized carbons (Fsp3) is 0.385. The van der Waals surface area contributed by atoms with Crippen LogP contribution in [0.2, 0.25) is 0 Å². The number of benzene rings is 1. The second-order valence-electron chi connectivity index (χ2n) is 3.68. The summed E-state index contributed by atoms with van der Waals surface area (Å²) in [6.07, 6.45) is 2.05. The van der Waals surface area contributed by atoms with Gasteiger partial charge in [0.05, 0.1) is 0 Å². The largest absolute Gasteiger partial charge is 0.289 e. The molecule has 0 amide bonds. The van der Waals surface area contributed by atoms with E-state index in [0.717, 1.165) is 11.1 Å². The standard InChI is InChI=1S/C13H15Cl2NO/c1-11-3-2-4-12(9-11)13(10-17)16(7-5-14)8-6-15/h2-4,9,13H,1,5-8H2. The first kappa shape index (κ1) is 14.5. The average molecular weight is 272 g/mol. The van der Waals surface area contributed by atoms with Gasteiger partial charge in [0, 0.05) is 24.8 Å². The van der Waals surface area contributed by atoms with Gasteiger partial charge in [-0.15, -0.1) is 23.2 Å². The van der Waals surface area contributed by atoms with Gasteiger partial charge in [-0.05, 0) is 18.1 Å². The lowest BCUT2D eigenvalue weighted by Crippen LogP contribution is -2.33. The van der Waals surface area contributed by atoms with Gasteiger partial charge in [-0.1, -0.05) is 24.3 Å². The summed E-state index contributed by atoms with van der Waals surface area (Å²) in [5.74, 6) is 0.915. The second-order valence-corrected chi connectivity index (χ2v) is 4.44. The van der Waals surface area contributed by atoms with E-state index in [1.54, 1.807) is 0 Å². The average Bonchev–Trinajstić information content (AvgIpc) is 2.31. The number of halogens is 2. The van der Waals surface area contributed by atoms with Crippen LogP contribution in [0.25, 0.3) is 0 Å². The monoisotopic (exact) mass is 271 g/mol. The maximum atomic E-state index is 11.1. The van der Waals surface area contributed by atoms with Gasteiger partial charge in [-0.2, -0.15) is 0 Å². The SMILES string of the molecule is [CH2]c1cccc(C([C]=O)N(CCCl)CCCl)c1. The molecule has 2 nitrogen and oxygen atoms in total. The molecule has 0 aliphatic rings. The Labute approximate surface area is 113 Å². The Kier molecular flexibility index (Phi) is 6.56. The number of hydrogen-bond donors (Lipinski definition) is 0. The maximum absolute atomic E-state index is 11.1. The molecule has 0 bridgehead atoms. The molecule has 1 aromatic rings. The minimum atomic E-state index is -0.422. The van der Waals surface area contributed by atoms with Crippen molar-refractivity contribution in [3.05, 3.63) is 42.3 Å². The first-order chi connectivity index (χ1) is 8.22. The Bertz CT molecular complexity index is 351. The third-order valence-corrected chi connectivity index (χ3v) is 2.83. The Morgan fingerprint density at radius 2 is 1.94 bits per heavy atom. The zero-order valence-electron chi connectivity index (χ0n) is 9.53. The Balaban J connectivity index is 2.91. The molecule has 0 saturated carbocycles. The molecule has 0 aromatic heterocycles. The number of nitrogens with zero attached hydrogens (tertiary/aromatic N) is 1. The van der Waals surface area contributed by atoms with Crippen LogP contribution in [0, 0.1) is 6.92 Å². The number of hydrogen-bond acceptors (Lipinski definition) is 2. The summed E-state index contributed by atoms with van der Waals surface area (Å²) in [7, 11) is 0. The van der Waals surface area contributed by atoms with E-state index in [0.29, 0.717) is 24.8 Å². The molecule has 2 radical (unpaired) electrons. The lowest BCUT2D eigenvalue weighted by atomic mass is 10.0. The highest BCUT2D eigenvalue weighted by Crippen LogP contribution is 2.19. The van der Waals surface area contributed by atoms with Crippen molar-refractivity contribution < 1.29 is 4.79 Å². The fourth-order valence-corrected chi connectivity index (χ4v) is 2.14. The molecule has 0 spiro atoms. The van der Waals surface area contributed by atoms with E-state index in [-0.39, 0.29) is 0 Å². The summed E-state index contributed by atoms with van der Waals surface area (Å²) in [5, 5.41) is 0. The zero-order valence-corrected chi connectivity index (χ0v) is 11.0.